The van der Waals surface area contributed by atoms with E-state index in [2.05, 4.69) is 10.2 Å². The Morgan fingerprint density at radius 1 is 1.45 bits per heavy atom. The van der Waals surface area contributed by atoms with Crippen LogP contribution in [0.25, 0.3) is 0 Å². The van der Waals surface area contributed by atoms with Gasteiger partial charge in [0, 0.05) is 17.8 Å². The van der Waals surface area contributed by atoms with E-state index in [-0.39, 0.29) is 18.2 Å². The summed E-state index contributed by atoms with van der Waals surface area (Å²) in [6.45, 7) is 6.14. The zero-order chi connectivity index (χ0) is 14.9. The van der Waals surface area contributed by atoms with E-state index in [9.17, 15) is 14.7 Å². The molecule has 0 bridgehead atoms. The second-order valence-electron chi connectivity index (χ2n) is 5.58. The lowest BCUT2D eigenvalue weighted by atomic mass is 9.90. The number of aromatic nitrogens is 2. The van der Waals surface area contributed by atoms with Crippen LogP contribution in [-0.4, -0.2) is 44.7 Å². The molecule has 2 atom stereocenters. The fraction of sp³-hybridized carbons (Fsp3) is 0.643. The van der Waals surface area contributed by atoms with Crippen LogP contribution in [-0.2, 0) is 16.0 Å². The lowest BCUT2D eigenvalue weighted by molar-refractivity contribution is -0.154. The SMILES string of the molecule is Cc1n[nH]c(C)c1CC(=O)N1CCCC(C)C1C(=O)O. The first-order valence-corrected chi connectivity index (χ1v) is 6.94. The molecule has 1 aliphatic rings. The molecule has 20 heavy (non-hydrogen) atoms. The number of carboxylic acids is 1. The average molecular weight is 279 g/mol. The first-order valence-electron chi connectivity index (χ1n) is 6.94. The van der Waals surface area contributed by atoms with Gasteiger partial charge in [0.05, 0.1) is 12.1 Å². The lowest BCUT2D eigenvalue weighted by Crippen LogP contribution is -2.52. The van der Waals surface area contributed by atoms with Crippen molar-refractivity contribution in [3.8, 4) is 0 Å². The molecule has 6 heteroatoms. The van der Waals surface area contributed by atoms with Gasteiger partial charge < -0.3 is 10.0 Å². The van der Waals surface area contributed by atoms with Gasteiger partial charge in [0.2, 0.25) is 5.91 Å². The number of aliphatic carboxylic acids is 1. The number of nitrogens with one attached hydrogen (secondary N) is 1. The summed E-state index contributed by atoms with van der Waals surface area (Å²) in [7, 11) is 0. The van der Waals surface area contributed by atoms with Gasteiger partial charge in [-0.1, -0.05) is 6.92 Å². The van der Waals surface area contributed by atoms with Crippen molar-refractivity contribution in [2.45, 2.75) is 46.1 Å². The molecule has 2 heterocycles. The summed E-state index contributed by atoms with van der Waals surface area (Å²) < 4.78 is 0. The summed E-state index contributed by atoms with van der Waals surface area (Å²) in [5, 5.41) is 16.3. The Kier molecular flexibility index (Phi) is 4.11. The Morgan fingerprint density at radius 3 is 2.70 bits per heavy atom. The maximum absolute atomic E-state index is 12.5. The topological polar surface area (TPSA) is 86.3 Å². The number of aromatic amines is 1. The summed E-state index contributed by atoms with van der Waals surface area (Å²) in [6, 6.07) is -0.705. The third kappa shape index (κ3) is 2.69. The number of carbonyl (C=O) groups excluding carboxylic acids is 1. The highest BCUT2D eigenvalue weighted by atomic mass is 16.4. The molecule has 1 aromatic rings. The van der Waals surface area contributed by atoms with Crippen molar-refractivity contribution in [1.82, 2.24) is 15.1 Å². The molecule has 1 aliphatic heterocycles. The lowest BCUT2D eigenvalue weighted by Gasteiger charge is -2.37. The number of carboxylic acid groups (broad SMARTS) is 1. The molecule has 2 unspecified atom stereocenters. The van der Waals surface area contributed by atoms with Crippen molar-refractivity contribution < 1.29 is 14.7 Å². The number of hydrogen-bond donors (Lipinski definition) is 2. The first kappa shape index (κ1) is 14.6. The van der Waals surface area contributed by atoms with Crippen molar-refractivity contribution in [2.24, 2.45) is 5.92 Å². The first-order chi connectivity index (χ1) is 9.41. The van der Waals surface area contributed by atoms with Gasteiger partial charge in [0.15, 0.2) is 0 Å². The van der Waals surface area contributed by atoms with E-state index < -0.39 is 12.0 Å². The minimum atomic E-state index is -0.911. The van der Waals surface area contributed by atoms with Crippen LogP contribution in [0, 0.1) is 19.8 Å². The largest absolute Gasteiger partial charge is 0.480 e. The molecule has 0 aromatic carbocycles. The van der Waals surface area contributed by atoms with Gasteiger partial charge in [-0.05, 0) is 32.6 Å². The van der Waals surface area contributed by atoms with E-state index in [0.717, 1.165) is 29.8 Å². The van der Waals surface area contributed by atoms with E-state index in [4.69, 9.17) is 0 Å². The molecule has 0 spiro atoms. The number of hydrogen-bond acceptors (Lipinski definition) is 3. The number of carbonyl (C=O) groups is 2. The van der Waals surface area contributed by atoms with E-state index >= 15 is 0 Å². The van der Waals surface area contributed by atoms with Gasteiger partial charge in [-0.25, -0.2) is 4.79 Å². The molecule has 0 radical (unpaired) electrons. The molecule has 1 fully saturated rings. The van der Waals surface area contributed by atoms with E-state index in [1.165, 1.54) is 4.90 Å². The number of aryl methyl sites for hydroxylation is 2. The Morgan fingerprint density at radius 2 is 2.15 bits per heavy atom. The molecule has 0 aliphatic carbocycles. The highest BCUT2D eigenvalue weighted by Crippen LogP contribution is 2.24. The van der Waals surface area contributed by atoms with E-state index in [1.807, 2.05) is 20.8 Å². The molecule has 0 saturated carbocycles. The summed E-state index contributed by atoms with van der Waals surface area (Å²) in [6.07, 6.45) is 1.93. The summed E-state index contributed by atoms with van der Waals surface area (Å²) in [4.78, 5) is 25.4. The van der Waals surface area contributed by atoms with E-state index in [0.29, 0.717) is 6.54 Å². The Bertz CT molecular complexity index is 504. The number of H-pyrrole nitrogens is 1. The van der Waals surface area contributed by atoms with E-state index in [1.54, 1.807) is 0 Å². The molecule has 2 rings (SSSR count). The fourth-order valence-corrected chi connectivity index (χ4v) is 2.93. The fourth-order valence-electron chi connectivity index (χ4n) is 2.93. The van der Waals surface area contributed by atoms with Gasteiger partial charge >= 0.3 is 5.97 Å². The summed E-state index contributed by atoms with van der Waals surface area (Å²) >= 11 is 0. The molecular formula is C14H21N3O3. The minimum Gasteiger partial charge on any atom is -0.480 e. The van der Waals surface area contributed by atoms with Crippen molar-refractivity contribution >= 4 is 11.9 Å². The number of rotatable bonds is 3. The second-order valence-corrected chi connectivity index (χ2v) is 5.58. The van der Waals surface area contributed by atoms with Gasteiger partial charge in [-0.2, -0.15) is 5.10 Å². The Hall–Kier alpha value is -1.85. The van der Waals surface area contributed by atoms with Crippen LogP contribution in [0.3, 0.4) is 0 Å². The minimum absolute atomic E-state index is 0.00302. The molecule has 1 saturated heterocycles. The van der Waals surface area contributed by atoms with Crippen molar-refractivity contribution in [3.63, 3.8) is 0 Å². The van der Waals surface area contributed by atoms with Crippen LogP contribution in [0.1, 0.15) is 36.7 Å². The van der Waals surface area contributed by atoms with Crippen LogP contribution in [0.4, 0.5) is 0 Å². The number of amides is 1. The van der Waals surface area contributed by atoms with Gasteiger partial charge in [-0.15, -0.1) is 0 Å². The number of nitrogens with zero attached hydrogens (tertiary/aromatic N) is 2. The summed E-state index contributed by atoms with van der Waals surface area (Å²) in [5.74, 6) is -1.04. The zero-order valence-corrected chi connectivity index (χ0v) is 12.1. The predicted molar refractivity (Wildman–Crippen MR) is 73.3 cm³/mol. The molecule has 1 aromatic heterocycles. The quantitative estimate of drug-likeness (QED) is 0.872. The Labute approximate surface area is 118 Å². The Balaban J connectivity index is 2.17. The molecule has 110 valence electrons. The molecule has 2 N–H and O–H groups in total. The van der Waals surface area contributed by atoms with Crippen molar-refractivity contribution in [2.75, 3.05) is 6.54 Å². The number of likely N-dealkylation sites (tertiary alicyclic amines) is 1. The van der Waals surface area contributed by atoms with Crippen LogP contribution >= 0.6 is 0 Å². The highest BCUT2D eigenvalue weighted by Gasteiger charge is 2.37. The molecule has 6 nitrogen and oxygen atoms in total. The van der Waals surface area contributed by atoms with Crippen LogP contribution in [0.15, 0.2) is 0 Å². The monoisotopic (exact) mass is 279 g/mol. The average Bonchev–Trinajstić information content (AvgIpc) is 2.69. The van der Waals surface area contributed by atoms with Gasteiger partial charge in [-0.3, -0.25) is 9.89 Å². The van der Waals surface area contributed by atoms with Crippen LogP contribution in [0.5, 0.6) is 0 Å². The van der Waals surface area contributed by atoms with Crippen molar-refractivity contribution in [1.29, 1.82) is 0 Å². The maximum atomic E-state index is 12.5. The van der Waals surface area contributed by atoms with Crippen molar-refractivity contribution in [3.05, 3.63) is 17.0 Å². The maximum Gasteiger partial charge on any atom is 0.326 e. The molecular weight excluding hydrogens is 258 g/mol. The third-order valence-electron chi connectivity index (χ3n) is 4.12. The predicted octanol–water partition coefficient (Wildman–Crippen LogP) is 1.28. The second kappa shape index (κ2) is 5.64. The van der Waals surface area contributed by atoms with Gasteiger partial charge in [0.25, 0.3) is 0 Å². The molecule has 1 amide bonds. The van der Waals surface area contributed by atoms with Crippen LogP contribution < -0.4 is 0 Å². The third-order valence-corrected chi connectivity index (χ3v) is 4.12. The van der Waals surface area contributed by atoms with Crippen LogP contribution in [0.2, 0.25) is 0 Å². The smallest absolute Gasteiger partial charge is 0.326 e. The van der Waals surface area contributed by atoms with Gasteiger partial charge in [0.1, 0.15) is 6.04 Å². The standard InChI is InChI=1S/C14H21N3O3/c1-8-5-4-6-17(13(8)14(19)20)12(18)7-11-9(2)15-16-10(11)3/h8,13H,4-7H2,1-3H3,(H,15,16)(H,19,20). The zero-order valence-electron chi connectivity index (χ0n) is 12.1. The normalized spacial score (nSPS) is 22.9. The number of piperidine rings is 1. The summed E-state index contributed by atoms with van der Waals surface area (Å²) in [5.41, 5.74) is 2.54. The highest BCUT2D eigenvalue weighted by molar-refractivity contribution is 5.85.